The maximum atomic E-state index is 3.78. The van der Waals surface area contributed by atoms with E-state index in [1.165, 1.54) is 31.2 Å². The Bertz CT molecular complexity index is 340. The second kappa shape index (κ2) is 6.38. The second-order valence-electron chi connectivity index (χ2n) is 6.09. The third-order valence-corrected chi connectivity index (χ3v) is 4.38. The van der Waals surface area contributed by atoms with Crippen molar-refractivity contribution >= 4 is 0 Å². The summed E-state index contributed by atoms with van der Waals surface area (Å²) in [5.74, 6) is 1.64. The van der Waals surface area contributed by atoms with Crippen LogP contribution in [0.2, 0.25) is 0 Å². The van der Waals surface area contributed by atoms with Gasteiger partial charge in [-0.1, -0.05) is 50.6 Å². The third kappa shape index (κ3) is 3.58. The van der Waals surface area contributed by atoms with Gasteiger partial charge in [-0.15, -0.1) is 0 Å². The molecule has 1 aromatic rings. The van der Waals surface area contributed by atoms with Gasteiger partial charge in [-0.3, -0.25) is 0 Å². The molecule has 1 saturated carbocycles. The summed E-state index contributed by atoms with van der Waals surface area (Å²) in [7, 11) is 0. The van der Waals surface area contributed by atoms with Crippen molar-refractivity contribution in [1.82, 2.24) is 5.32 Å². The van der Waals surface area contributed by atoms with Crippen molar-refractivity contribution in [3.8, 4) is 0 Å². The van der Waals surface area contributed by atoms with E-state index in [4.69, 9.17) is 0 Å². The van der Waals surface area contributed by atoms with Gasteiger partial charge in [-0.25, -0.2) is 0 Å². The number of hydrogen-bond donors (Lipinski definition) is 1. The van der Waals surface area contributed by atoms with Gasteiger partial charge in [0.25, 0.3) is 0 Å². The highest BCUT2D eigenvalue weighted by atomic mass is 15.0. The molecule has 0 amide bonds. The SMILES string of the molecule is CCC(C)CC(C)NC1CC(c2ccccc2)C1. The molecule has 0 aromatic heterocycles. The smallest absolute Gasteiger partial charge is 0.00812 e. The molecular weight excluding hydrogens is 218 g/mol. The summed E-state index contributed by atoms with van der Waals surface area (Å²) in [5, 5.41) is 3.78. The average molecular weight is 245 g/mol. The van der Waals surface area contributed by atoms with E-state index in [9.17, 15) is 0 Å². The van der Waals surface area contributed by atoms with Crippen molar-refractivity contribution in [1.29, 1.82) is 0 Å². The highest BCUT2D eigenvalue weighted by molar-refractivity contribution is 5.22. The largest absolute Gasteiger partial charge is 0.311 e. The molecule has 0 spiro atoms. The second-order valence-corrected chi connectivity index (χ2v) is 6.09. The Kier molecular flexibility index (Phi) is 4.82. The Morgan fingerprint density at radius 3 is 2.44 bits per heavy atom. The lowest BCUT2D eigenvalue weighted by atomic mass is 9.75. The Hall–Kier alpha value is -0.820. The molecule has 1 nitrogen and oxygen atoms in total. The molecule has 100 valence electrons. The van der Waals surface area contributed by atoms with E-state index in [-0.39, 0.29) is 0 Å². The first-order valence-electron chi connectivity index (χ1n) is 7.50. The van der Waals surface area contributed by atoms with E-state index in [1.54, 1.807) is 0 Å². The lowest BCUT2D eigenvalue weighted by Crippen LogP contribution is -2.44. The van der Waals surface area contributed by atoms with Crippen molar-refractivity contribution in [2.75, 3.05) is 0 Å². The van der Waals surface area contributed by atoms with Gasteiger partial charge in [0, 0.05) is 12.1 Å². The standard InChI is InChI=1S/C17H27N/c1-4-13(2)10-14(3)18-17-11-16(12-17)15-8-6-5-7-9-15/h5-9,13-14,16-18H,4,10-12H2,1-3H3. The molecule has 1 aliphatic carbocycles. The molecule has 2 atom stereocenters. The minimum absolute atomic E-state index is 0.668. The number of nitrogens with one attached hydrogen (secondary N) is 1. The molecule has 18 heavy (non-hydrogen) atoms. The number of rotatable bonds is 6. The summed E-state index contributed by atoms with van der Waals surface area (Å²) in [6, 6.07) is 12.4. The monoisotopic (exact) mass is 245 g/mol. The van der Waals surface area contributed by atoms with Crippen LogP contribution in [0.25, 0.3) is 0 Å². The normalized spacial score (nSPS) is 26.4. The minimum atomic E-state index is 0.668. The Labute approximate surface area is 112 Å². The van der Waals surface area contributed by atoms with Crippen LogP contribution in [-0.2, 0) is 0 Å². The molecule has 1 aliphatic rings. The van der Waals surface area contributed by atoms with Gasteiger partial charge in [-0.05, 0) is 43.6 Å². The fourth-order valence-corrected chi connectivity index (χ4v) is 2.99. The topological polar surface area (TPSA) is 12.0 Å². The predicted octanol–water partition coefficient (Wildman–Crippen LogP) is 4.35. The van der Waals surface area contributed by atoms with E-state index in [0.29, 0.717) is 6.04 Å². The van der Waals surface area contributed by atoms with Crippen LogP contribution in [0.4, 0.5) is 0 Å². The molecule has 0 saturated heterocycles. The summed E-state index contributed by atoms with van der Waals surface area (Å²) in [5.41, 5.74) is 1.52. The Morgan fingerprint density at radius 2 is 1.83 bits per heavy atom. The maximum absolute atomic E-state index is 3.78. The van der Waals surface area contributed by atoms with Crippen molar-refractivity contribution in [3.05, 3.63) is 35.9 Å². The summed E-state index contributed by atoms with van der Waals surface area (Å²) in [6.45, 7) is 6.97. The molecule has 1 heteroatoms. The summed E-state index contributed by atoms with van der Waals surface area (Å²) >= 11 is 0. The number of benzene rings is 1. The summed E-state index contributed by atoms with van der Waals surface area (Å²) in [6.07, 6.45) is 5.23. The van der Waals surface area contributed by atoms with Crippen molar-refractivity contribution in [2.45, 2.75) is 64.5 Å². The van der Waals surface area contributed by atoms with Crippen LogP contribution in [-0.4, -0.2) is 12.1 Å². The predicted molar refractivity (Wildman–Crippen MR) is 78.9 cm³/mol. The molecule has 0 heterocycles. The zero-order valence-electron chi connectivity index (χ0n) is 12.0. The minimum Gasteiger partial charge on any atom is -0.311 e. The Morgan fingerprint density at radius 1 is 1.17 bits per heavy atom. The molecule has 1 aromatic carbocycles. The number of hydrogen-bond acceptors (Lipinski definition) is 1. The maximum Gasteiger partial charge on any atom is 0.00812 e. The van der Waals surface area contributed by atoms with E-state index in [1.807, 2.05) is 0 Å². The van der Waals surface area contributed by atoms with Gasteiger partial charge in [-0.2, -0.15) is 0 Å². The summed E-state index contributed by atoms with van der Waals surface area (Å²) < 4.78 is 0. The molecule has 0 aliphatic heterocycles. The van der Waals surface area contributed by atoms with Gasteiger partial charge < -0.3 is 5.32 Å². The zero-order valence-corrected chi connectivity index (χ0v) is 12.0. The van der Waals surface area contributed by atoms with Crippen LogP contribution >= 0.6 is 0 Å². The molecule has 2 rings (SSSR count). The molecule has 0 bridgehead atoms. The van der Waals surface area contributed by atoms with Crippen LogP contribution in [0.5, 0.6) is 0 Å². The van der Waals surface area contributed by atoms with Gasteiger partial charge >= 0.3 is 0 Å². The van der Waals surface area contributed by atoms with E-state index < -0.39 is 0 Å². The van der Waals surface area contributed by atoms with Crippen LogP contribution in [0.1, 0.15) is 57.9 Å². The lowest BCUT2D eigenvalue weighted by molar-refractivity contribution is 0.254. The first-order chi connectivity index (χ1) is 8.69. The third-order valence-electron chi connectivity index (χ3n) is 4.38. The Balaban J connectivity index is 1.70. The first-order valence-corrected chi connectivity index (χ1v) is 7.50. The molecule has 1 fully saturated rings. The van der Waals surface area contributed by atoms with Gasteiger partial charge in [0.05, 0.1) is 0 Å². The zero-order chi connectivity index (χ0) is 13.0. The molecule has 0 radical (unpaired) electrons. The highest BCUT2D eigenvalue weighted by Gasteiger charge is 2.30. The van der Waals surface area contributed by atoms with Gasteiger partial charge in [0.2, 0.25) is 0 Å². The lowest BCUT2D eigenvalue weighted by Gasteiger charge is -2.38. The summed E-state index contributed by atoms with van der Waals surface area (Å²) in [4.78, 5) is 0. The van der Waals surface area contributed by atoms with Gasteiger partial charge in [0.15, 0.2) is 0 Å². The fraction of sp³-hybridized carbons (Fsp3) is 0.647. The van der Waals surface area contributed by atoms with Crippen molar-refractivity contribution in [3.63, 3.8) is 0 Å². The molecule has 1 N–H and O–H groups in total. The molecule has 2 unspecified atom stereocenters. The van der Waals surface area contributed by atoms with Crippen molar-refractivity contribution in [2.24, 2.45) is 5.92 Å². The van der Waals surface area contributed by atoms with E-state index >= 15 is 0 Å². The van der Waals surface area contributed by atoms with Crippen LogP contribution in [0.3, 0.4) is 0 Å². The van der Waals surface area contributed by atoms with Gasteiger partial charge in [0.1, 0.15) is 0 Å². The van der Waals surface area contributed by atoms with Crippen LogP contribution < -0.4 is 5.32 Å². The van der Waals surface area contributed by atoms with E-state index in [0.717, 1.165) is 17.9 Å². The average Bonchev–Trinajstić information content (AvgIpc) is 2.34. The first kappa shape index (κ1) is 13.6. The van der Waals surface area contributed by atoms with Crippen molar-refractivity contribution < 1.29 is 0 Å². The molecular formula is C17H27N. The van der Waals surface area contributed by atoms with Crippen LogP contribution in [0, 0.1) is 5.92 Å². The van der Waals surface area contributed by atoms with Crippen LogP contribution in [0.15, 0.2) is 30.3 Å². The fourth-order valence-electron chi connectivity index (χ4n) is 2.99. The quantitative estimate of drug-likeness (QED) is 0.786. The van der Waals surface area contributed by atoms with E-state index in [2.05, 4.69) is 56.4 Å². The highest BCUT2D eigenvalue weighted by Crippen LogP contribution is 2.37.